The summed E-state index contributed by atoms with van der Waals surface area (Å²) in [6, 6.07) is 13.0. The quantitative estimate of drug-likeness (QED) is 0.641. The summed E-state index contributed by atoms with van der Waals surface area (Å²) in [7, 11) is 2.11. The SMILES string of the molecule is CC1CN(c2c(C#N)c(OCC3CCCN3C)nc3c2CCN(Cc2ccccc2)C3)CCN1C(=O)O. The van der Waals surface area contributed by atoms with Crippen molar-refractivity contribution in [1.82, 2.24) is 19.7 Å². The van der Waals surface area contributed by atoms with E-state index in [9.17, 15) is 15.2 Å². The Morgan fingerprint density at radius 2 is 2.03 bits per heavy atom. The molecule has 37 heavy (non-hydrogen) atoms. The zero-order valence-electron chi connectivity index (χ0n) is 21.8. The van der Waals surface area contributed by atoms with Crippen molar-refractivity contribution < 1.29 is 14.6 Å². The fourth-order valence-corrected chi connectivity index (χ4v) is 5.93. The van der Waals surface area contributed by atoms with E-state index in [2.05, 4.69) is 52.1 Å². The van der Waals surface area contributed by atoms with Crippen LogP contribution in [0.3, 0.4) is 0 Å². The first-order valence-corrected chi connectivity index (χ1v) is 13.2. The zero-order valence-corrected chi connectivity index (χ0v) is 21.8. The van der Waals surface area contributed by atoms with E-state index in [-0.39, 0.29) is 6.04 Å². The van der Waals surface area contributed by atoms with Gasteiger partial charge in [0.25, 0.3) is 0 Å². The van der Waals surface area contributed by atoms with Gasteiger partial charge in [0, 0.05) is 56.9 Å². The fraction of sp³-hybridized carbons (Fsp3) is 0.536. The highest BCUT2D eigenvalue weighted by molar-refractivity contribution is 5.71. The molecule has 1 N–H and O–H groups in total. The predicted molar refractivity (Wildman–Crippen MR) is 141 cm³/mol. The van der Waals surface area contributed by atoms with E-state index in [1.54, 1.807) is 0 Å². The number of benzene rings is 1. The summed E-state index contributed by atoms with van der Waals surface area (Å²) in [6.07, 6.45) is 2.12. The first-order valence-electron chi connectivity index (χ1n) is 13.2. The average Bonchev–Trinajstić information content (AvgIpc) is 3.31. The highest BCUT2D eigenvalue weighted by Gasteiger charge is 2.34. The largest absolute Gasteiger partial charge is 0.475 e. The first kappa shape index (κ1) is 25.3. The average molecular weight is 505 g/mol. The van der Waals surface area contributed by atoms with Crippen LogP contribution in [-0.2, 0) is 19.5 Å². The van der Waals surface area contributed by atoms with Crippen LogP contribution in [0.25, 0.3) is 0 Å². The van der Waals surface area contributed by atoms with E-state index in [0.717, 1.165) is 55.8 Å². The number of aromatic nitrogens is 1. The summed E-state index contributed by atoms with van der Waals surface area (Å²) < 4.78 is 6.29. The molecule has 3 aliphatic heterocycles. The van der Waals surface area contributed by atoms with Crippen LogP contribution in [0.5, 0.6) is 5.88 Å². The maximum Gasteiger partial charge on any atom is 0.407 e. The Labute approximate surface area is 218 Å². The van der Waals surface area contributed by atoms with Crippen LogP contribution in [0.4, 0.5) is 10.5 Å². The Morgan fingerprint density at radius 1 is 1.22 bits per heavy atom. The second kappa shape index (κ2) is 11.0. The number of amides is 1. The van der Waals surface area contributed by atoms with Gasteiger partial charge in [-0.2, -0.15) is 5.26 Å². The summed E-state index contributed by atoms with van der Waals surface area (Å²) in [6.45, 7) is 7.38. The first-order chi connectivity index (χ1) is 17.9. The third kappa shape index (κ3) is 5.36. The molecule has 2 atom stereocenters. The van der Waals surface area contributed by atoms with Crippen molar-refractivity contribution in [3.63, 3.8) is 0 Å². The number of nitrogens with zero attached hydrogens (tertiary/aromatic N) is 6. The number of carbonyl (C=O) groups is 1. The Bertz CT molecular complexity index is 1170. The van der Waals surface area contributed by atoms with Crippen molar-refractivity contribution in [1.29, 1.82) is 5.26 Å². The van der Waals surface area contributed by atoms with Crippen LogP contribution in [0.15, 0.2) is 30.3 Å². The van der Waals surface area contributed by atoms with Crippen molar-refractivity contribution in [3.8, 4) is 11.9 Å². The van der Waals surface area contributed by atoms with Crippen molar-refractivity contribution in [2.75, 3.05) is 51.3 Å². The van der Waals surface area contributed by atoms with Crippen LogP contribution in [0.2, 0.25) is 0 Å². The normalized spacial score (nSPS) is 22.5. The van der Waals surface area contributed by atoms with Crippen molar-refractivity contribution in [2.24, 2.45) is 0 Å². The molecule has 0 aliphatic carbocycles. The molecule has 0 bridgehead atoms. The number of nitriles is 1. The molecule has 1 amide bonds. The smallest absolute Gasteiger partial charge is 0.407 e. The number of rotatable bonds is 6. The van der Waals surface area contributed by atoms with Gasteiger partial charge in [-0.3, -0.25) is 4.90 Å². The minimum atomic E-state index is -0.898. The van der Waals surface area contributed by atoms with Gasteiger partial charge in [0.05, 0.1) is 11.4 Å². The van der Waals surface area contributed by atoms with Gasteiger partial charge < -0.3 is 24.5 Å². The second-order valence-electron chi connectivity index (χ2n) is 10.5. The third-order valence-corrected chi connectivity index (χ3v) is 8.01. The molecule has 5 rings (SSSR count). The molecule has 2 aromatic rings. The Balaban J connectivity index is 1.47. The molecule has 196 valence electrons. The lowest BCUT2D eigenvalue weighted by molar-refractivity contribution is 0.122. The number of fused-ring (bicyclic) bond motifs is 1. The van der Waals surface area contributed by atoms with Crippen LogP contribution in [0.1, 0.15) is 42.1 Å². The summed E-state index contributed by atoms with van der Waals surface area (Å²) >= 11 is 0. The molecule has 3 aliphatic rings. The summed E-state index contributed by atoms with van der Waals surface area (Å²) in [4.78, 5) is 25.0. The van der Waals surface area contributed by atoms with Gasteiger partial charge in [0.2, 0.25) is 5.88 Å². The van der Waals surface area contributed by atoms with Gasteiger partial charge in [-0.25, -0.2) is 9.78 Å². The molecular formula is C28H36N6O3. The molecule has 0 saturated carbocycles. The minimum absolute atomic E-state index is 0.170. The number of hydrogen-bond acceptors (Lipinski definition) is 7. The van der Waals surface area contributed by atoms with E-state index in [1.165, 1.54) is 10.5 Å². The fourth-order valence-electron chi connectivity index (χ4n) is 5.93. The molecule has 4 heterocycles. The number of likely N-dealkylation sites (tertiary alicyclic amines) is 1. The van der Waals surface area contributed by atoms with E-state index in [4.69, 9.17) is 9.72 Å². The van der Waals surface area contributed by atoms with E-state index in [1.807, 2.05) is 13.0 Å². The summed E-state index contributed by atoms with van der Waals surface area (Å²) in [5, 5.41) is 19.9. The second-order valence-corrected chi connectivity index (χ2v) is 10.5. The number of piperazine rings is 1. The number of pyridine rings is 1. The molecular weight excluding hydrogens is 468 g/mol. The zero-order chi connectivity index (χ0) is 25.9. The molecule has 9 nitrogen and oxygen atoms in total. The maximum atomic E-state index is 11.7. The van der Waals surface area contributed by atoms with Crippen LogP contribution >= 0.6 is 0 Å². The monoisotopic (exact) mass is 504 g/mol. The van der Waals surface area contributed by atoms with Crippen molar-refractivity contribution in [2.45, 2.75) is 51.4 Å². The van der Waals surface area contributed by atoms with Gasteiger partial charge in [-0.05, 0) is 45.3 Å². The number of anilines is 1. The third-order valence-electron chi connectivity index (χ3n) is 8.01. The lowest BCUT2D eigenvalue weighted by Gasteiger charge is -2.41. The van der Waals surface area contributed by atoms with E-state index in [0.29, 0.717) is 50.3 Å². The minimum Gasteiger partial charge on any atom is -0.475 e. The Kier molecular flexibility index (Phi) is 7.49. The molecule has 0 radical (unpaired) electrons. The predicted octanol–water partition coefficient (Wildman–Crippen LogP) is 3.17. The number of ether oxygens (including phenoxy) is 1. The summed E-state index contributed by atoms with van der Waals surface area (Å²) in [5.41, 5.74) is 4.69. The van der Waals surface area contributed by atoms with Gasteiger partial charge >= 0.3 is 6.09 Å². The Morgan fingerprint density at radius 3 is 2.70 bits per heavy atom. The standard InChI is InChI=1S/C28H36N6O3/c1-20-16-33(13-14-34(20)28(35)36)26-23-10-12-32(17-21-7-4-3-5-8-21)18-25(23)30-27(24(26)15-29)37-19-22-9-6-11-31(22)2/h3-5,7-8,20,22H,6,9-14,16-19H2,1-2H3,(H,35,36). The molecule has 9 heteroatoms. The van der Waals surface area contributed by atoms with E-state index < -0.39 is 6.09 Å². The van der Waals surface area contributed by atoms with Crippen molar-refractivity contribution >= 4 is 11.8 Å². The molecule has 1 aromatic heterocycles. The number of hydrogen-bond donors (Lipinski definition) is 1. The molecule has 0 spiro atoms. The number of carboxylic acid groups (broad SMARTS) is 1. The van der Waals surface area contributed by atoms with Gasteiger partial charge in [0.15, 0.2) is 0 Å². The highest BCUT2D eigenvalue weighted by Crippen LogP contribution is 2.37. The Hall–Kier alpha value is -3.35. The topological polar surface area (TPSA) is 96.2 Å². The number of likely N-dealkylation sites (N-methyl/N-ethyl adjacent to an activating group) is 1. The lowest BCUT2D eigenvalue weighted by Crippen LogP contribution is -2.54. The lowest BCUT2D eigenvalue weighted by atomic mass is 9.97. The van der Waals surface area contributed by atoms with Crippen molar-refractivity contribution in [3.05, 3.63) is 52.7 Å². The molecule has 2 fully saturated rings. The molecule has 2 saturated heterocycles. The van der Waals surface area contributed by atoms with E-state index >= 15 is 0 Å². The molecule has 1 aromatic carbocycles. The van der Waals surface area contributed by atoms with Crippen LogP contribution in [0, 0.1) is 11.3 Å². The summed E-state index contributed by atoms with van der Waals surface area (Å²) in [5.74, 6) is 0.409. The highest BCUT2D eigenvalue weighted by atomic mass is 16.5. The van der Waals surface area contributed by atoms with Gasteiger partial charge in [-0.1, -0.05) is 30.3 Å². The molecule has 2 unspecified atom stereocenters. The van der Waals surface area contributed by atoms with Gasteiger partial charge in [-0.15, -0.1) is 0 Å². The maximum absolute atomic E-state index is 11.7. The van der Waals surface area contributed by atoms with Crippen LogP contribution < -0.4 is 9.64 Å². The van der Waals surface area contributed by atoms with Gasteiger partial charge in [0.1, 0.15) is 18.2 Å². The van der Waals surface area contributed by atoms with Crippen LogP contribution in [-0.4, -0.2) is 89.3 Å².